The number of aryl methyl sites for hydroxylation is 1. The number of likely N-dealkylation sites (tertiary alicyclic amines) is 2. The summed E-state index contributed by atoms with van der Waals surface area (Å²) in [5.41, 5.74) is 3.68. The number of nitrogens with zero attached hydrogens (tertiary/aromatic N) is 2. The normalized spacial score (nSPS) is 22.6. The van der Waals surface area contributed by atoms with Crippen molar-refractivity contribution in [1.29, 1.82) is 0 Å². The van der Waals surface area contributed by atoms with Gasteiger partial charge in [0.2, 0.25) is 5.91 Å². The predicted octanol–water partition coefficient (Wildman–Crippen LogP) is 4.08. The van der Waals surface area contributed by atoms with Crippen LogP contribution < -0.4 is 5.32 Å². The standard InChI is InChI=1S/C24H33ClN4O/c1-16-20-3-2-4-21(25)23(20)27-22(16)15-28-11-9-19(10-12-28)29-13-7-17(8-14-29)24(30)26-18-5-6-18/h2-4,17-19,27H,5-15H2,1H3,(H,26,30). The zero-order chi connectivity index (χ0) is 20.7. The summed E-state index contributed by atoms with van der Waals surface area (Å²) >= 11 is 6.37. The van der Waals surface area contributed by atoms with E-state index >= 15 is 0 Å². The van der Waals surface area contributed by atoms with Crippen molar-refractivity contribution in [3.63, 3.8) is 0 Å². The van der Waals surface area contributed by atoms with E-state index in [4.69, 9.17) is 11.6 Å². The molecule has 2 aromatic rings. The highest BCUT2D eigenvalue weighted by molar-refractivity contribution is 6.35. The number of fused-ring (bicyclic) bond motifs is 1. The lowest BCUT2D eigenvalue weighted by atomic mass is 9.92. The Kier molecular flexibility index (Phi) is 5.78. The van der Waals surface area contributed by atoms with E-state index in [2.05, 4.69) is 33.1 Å². The Balaban J connectivity index is 1.11. The molecule has 3 fully saturated rings. The van der Waals surface area contributed by atoms with Crippen molar-refractivity contribution in [1.82, 2.24) is 20.1 Å². The lowest BCUT2D eigenvalue weighted by Crippen LogP contribution is -2.49. The minimum absolute atomic E-state index is 0.235. The first-order chi connectivity index (χ1) is 14.6. The zero-order valence-electron chi connectivity index (χ0n) is 17.9. The Morgan fingerprint density at radius 1 is 1.10 bits per heavy atom. The van der Waals surface area contributed by atoms with E-state index < -0.39 is 0 Å². The van der Waals surface area contributed by atoms with E-state index in [0.29, 0.717) is 18.0 Å². The average molecular weight is 429 g/mol. The minimum atomic E-state index is 0.235. The smallest absolute Gasteiger partial charge is 0.223 e. The topological polar surface area (TPSA) is 51.4 Å². The molecule has 1 aliphatic carbocycles. The molecule has 162 valence electrons. The van der Waals surface area contributed by atoms with Gasteiger partial charge in [0.05, 0.1) is 10.5 Å². The van der Waals surface area contributed by atoms with Gasteiger partial charge < -0.3 is 15.2 Å². The van der Waals surface area contributed by atoms with Crippen molar-refractivity contribution in [2.45, 2.75) is 64.1 Å². The minimum Gasteiger partial charge on any atom is -0.356 e. The summed E-state index contributed by atoms with van der Waals surface area (Å²) in [5.74, 6) is 0.541. The molecule has 1 aromatic carbocycles. The van der Waals surface area contributed by atoms with Gasteiger partial charge in [-0.2, -0.15) is 0 Å². The Morgan fingerprint density at radius 3 is 2.50 bits per heavy atom. The molecule has 30 heavy (non-hydrogen) atoms. The van der Waals surface area contributed by atoms with Crippen LogP contribution in [0.4, 0.5) is 0 Å². The summed E-state index contributed by atoms with van der Waals surface area (Å²) in [6.45, 7) is 7.58. The second-order valence-corrected chi connectivity index (χ2v) is 9.90. The third-order valence-corrected chi connectivity index (χ3v) is 7.74. The van der Waals surface area contributed by atoms with E-state index in [1.165, 1.54) is 42.3 Å². The molecular formula is C24H33ClN4O. The molecule has 1 amide bonds. The average Bonchev–Trinajstić information content (AvgIpc) is 3.53. The molecule has 6 heteroatoms. The SMILES string of the molecule is Cc1c(CN2CCC(N3CCC(C(=O)NC4CC4)CC3)CC2)[nH]c2c(Cl)cccc12. The van der Waals surface area contributed by atoms with E-state index in [1.54, 1.807) is 0 Å². The first-order valence-corrected chi connectivity index (χ1v) is 12.0. The molecule has 5 rings (SSSR count). The Labute approximate surface area is 184 Å². The van der Waals surface area contributed by atoms with Crippen molar-refractivity contribution in [3.05, 3.63) is 34.5 Å². The maximum Gasteiger partial charge on any atom is 0.223 e. The first-order valence-electron chi connectivity index (χ1n) is 11.6. The number of hydrogen-bond donors (Lipinski definition) is 2. The van der Waals surface area contributed by atoms with E-state index in [0.717, 1.165) is 56.1 Å². The van der Waals surface area contributed by atoms with Crippen LogP contribution in [-0.4, -0.2) is 59.0 Å². The molecule has 0 unspecified atom stereocenters. The quantitative estimate of drug-likeness (QED) is 0.754. The van der Waals surface area contributed by atoms with Crippen LogP contribution in [0.3, 0.4) is 0 Å². The number of benzene rings is 1. The predicted molar refractivity (Wildman–Crippen MR) is 122 cm³/mol. The van der Waals surface area contributed by atoms with Gasteiger partial charge in [-0.05, 0) is 70.2 Å². The molecule has 0 bridgehead atoms. The third kappa shape index (κ3) is 4.25. The van der Waals surface area contributed by atoms with Gasteiger partial charge >= 0.3 is 0 Å². The fourth-order valence-electron chi connectivity index (χ4n) is 5.27. The lowest BCUT2D eigenvalue weighted by Gasteiger charge is -2.41. The number of piperidine rings is 2. The second-order valence-electron chi connectivity index (χ2n) is 9.49. The Morgan fingerprint density at radius 2 is 1.83 bits per heavy atom. The van der Waals surface area contributed by atoms with Crippen LogP contribution in [0.15, 0.2) is 18.2 Å². The highest BCUT2D eigenvalue weighted by Crippen LogP contribution is 2.30. The molecule has 2 saturated heterocycles. The van der Waals surface area contributed by atoms with Crippen LogP contribution in [0.5, 0.6) is 0 Å². The van der Waals surface area contributed by atoms with Crippen molar-refractivity contribution in [3.8, 4) is 0 Å². The summed E-state index contributed by atoms with van der Waals surface area (Å²) in [6, 6.07) is 7.29. The highest BCUT2D eigenvalue weighted by Gasteiger charge is 2.33. The maximum absolute atomic E-state index is 12.3. The summed E-state index contributed by atoms with van der Waals surface area (Å²) in [5, 5.41) is 5.23. The van der Waals surface area contributed by atoms with Gasteiger partial charge in [-0.3, -0.25) is 9.69 Å². The largest absolute Gasteiger partial charge is 0.356 e. The van der Waals surface area contributed by atoms with Crippen LogP contribution in [0.25, 0.3) is 10.9 Å². The first kappa shape index (κ1) is 20.3. The van der Waals surface area contributed by atoms with E-state index in [1.807, 2.05) is 12.1 Å². The number of para-hydroxylation sites is 1. The fourth-order valence-corrected chi connectivity index (χ4v) is 5.49. The Bertz CT molecular complexity index is 905. The lowest BCUT2D eigenvalue weighted by molar-refractivity contribution is -0.126. The molecule has 2 N–H and O–H groups in total. The summed E-state index contributed by atoms with van der Waals surface area (Å²) in [4.78, 5) is 21.1. The number of halogens is 1. The Hall–Kier alpha value is -1.56. The number of aromatic amines is 1. The fraction of sp³-hybridized carbons (Fsp3) is 0.625. The molecule has 0 radical (unpaired) electrons. The van der Waals surface area contributed by atoms with Crippen LogP contribution in [0.1, 0.15) is 49.8 Å². The number of carbonyl (C=O) groups is 1. The van der Waals surface area contributed by atoms with Crippen molar-refractivity contribution < 1.29 is 4.79 Å². The van der Waals surface area contributed by atoms with Crippen LogP contribution in [0.2, 0.25) is 5.02 Å². The zero-order valence-corrected chi connectivity index (χ0v) is 18.7. The van der Waals surface area contributed by atoms with Crippen molar-refractivity contribution in [2.24, 2.45) is 5.92 Å². The van der Waals surface area contributed by atoms with Gasteiger partial charge in [0, 0.05) is 48.7 Å². The molecule has 1 saturated carbocycles. The number of carbonyl (C=O) groups excluding carboxylic acids is 1. The third-order valence-electron chi connectivity index (χ3n) is 7.43. The molecule has 0 spiro atoms. The molecule has 2 aliphatic heterocycles. The number of rotatable bonds is 5. The van der Waals surface area contributed by atoms with Gasteiger partial charge in [0.1, 0.15) is 0 Å². The van der Waals surface area contributed by atoms with Crippen LogP contribution >= 0.6 is 11.6 Å². The van der Waals surface area contributed by atoms with Crippen LogP contribution in [-0.2, 0) is 11.3 Å². The molecule has 5 nitrogen and oxygen atoms in total. The molecule has 1 aromatic heterocycles. The molecule has 0 atom stereocenters. The number of H-pyrrole nitrogens is 1. The van der Waals surface area contributed by atoms with Gasteiger partial charge in [-0.1, -0.05) is 23.7 Å². The number of amides is 1. The van der Waals surface area contributed by atoms with Gasteiger partial charge in [-0.15, -0.1) is 0 Å². The van der Waals surface area contributed by atoms with Gasteiger partial charge in [0.15, 0.2) is 0 Å². The van der Waals surface area contributed by atoms with Crippen molar-refractivity contribution in [2.75, 3.05) is 26.2 Å². The summed E-state index contributed by atoms with van der Waals surface area (Å²) in [7, 11) is 0. The summed E-state index contributed by atoms with van der Waals surface area (Å²) < 4.78 is 0. The van der Waals surface area contributed by atoms with E-state index in [9.17, 15) is 4.79 Å². The van der Waals surface area contributed by atoms with E-state index in [-0.39, 0.29) is 5.92 Å². The molecule has 3 heterocycles. The van der Waals surface area contributed by atoms with Crippen molar-refractivity contribution >= 4 is 28.4 Å². The van der Waals surface area contributed by atoms with Gasteiger partial charge in [0.25, 0.3) is 0 Å². The second kappa shape index (κ2) is 8.52. The van der Waals surface area contributed by atoms with Gasteiger partial charge in [-0.25, -0.2) is 0 Å². The number of aromatic nitrogens is 1. The monoisotopic (exact) mass is 428 g/mol. The maximum atomic E-state index is 12.3. The number of nitrogens with one attached hydrogen (secondary N) is 2. The molecular weight excluding hydrogens is 396 g/mol. The van der Waals surface area contributed by atoms with Crippen LogP contribution in [0, 0.1) is 12.8 Å². The summed E-state index contributed by atoms with van der Waals surface area (Å²) in [6.07, 6.45) is 6.84. The highest BCUT2D eigenvalue weighted by atomic mass is 35.5. The molecule has 3 aliphatic rings. The number of hydrogen-bond acceptors (Lipinski definition) is 3.